The number of ether oxygens (including phenoxy) is 2. The van der Waals surface area contributed by atoms with Crippen molar-refractivity contribution in [3.63, 3.8) is 0 Å². The number of hydrogen-bond acceptors (Lipinski definition) is 4. The van der Waals surface area contributed by atoms with Crippen LogP contribution in [0.25, 0.3) is 22.2 Å². The van der Waals surface area contributed by atoms with Crippen LogP contribution in [-0.4, -0.2) is 48.8 Å². The molecule has 1 aliphatic carbocycles. The van der Waals surface area contributed by atoms with Crippen LogP contribution >= 0.6 is 0 Å². The number of likely N-dealkylation sites (tertiary alicyclic amines) is 1. The Morgan fingerprint density at radius 3 is 2.44 bits per heavy atom. The van der Waals surface area contributed by atoms with E-state index in [-0.39, 0.29) is 5.91 Å². The number of amides is 1. The first-order valence-electron chi connectivity index (χ1n) is 12.3. The van der Waals surface area contributed by atoms with Gasteiger partial charge in [-0.05, 0) is 68.4 Å². The van der Waals surface area contributed by atoms with Gasteiger partial charge >= 0.3 is 0 Å². The smallest absolute Gasteiger partial charge is 0.253 e. The molecule has 0 spiro atoms. The Morgan fingerprint density at radius 2 is 1.79 bits per heavy atom. The highest BCUT2D eigenvalue weighted by molar-refractivity contribution is 5.97. The van der Waals surface area contributed by atoms with E-state index in [1.54, 1.807) is 7.11 Å². The summed E-state index contributed by atoms with van der Waals surface area (Å²) < 4.78 is 13.3. The molecule has 34 heavy (non-hydrogen) atoms. The number of piperidine rings is 1. The van der Waals surface area contributed by atoms with Crippen LogP contribution in [0.3, 0.4) is 0 Å². The molecule has 2 fully saturated rings. The molecule has 0 unspecified atom stereocenters. The van der Waals surface area contributed by atoms with Crippen LogP contribution in [0.2, 0.25) is 0 Å². The first kappa shape index (κ1) is 22.5. The number of methoxy groups -OCH3 is 1. The van der Waals surface area contributed by atoms with Crippen LogP contribution < -0.4 is 4.74 Å². The number of fused-ring (bicyclic) bond motifs is 1. The topological polar surface area (TPSA) is 67.5 Å². The first-order chi connectivity index (χ1) is 16.7. The molecule has 0 bridgehead atoms. The molecular weight excluding hydrogens is 426 g/mol. The normalized spacial score (nSPS) is 16.3. The van der Waals surface area contributed by atoms with E-state index >= 15 is 0 Å². The standard InChI is InChI=1S/C28H31N3O3/c1-33-16-17-34-23-12-13-24-25(19-29)27(31(26(24)18-23)22-6-5-7-22)20-8-10-21(11-9-20)28(32)30-14-3-2-4-15-30/h8-13,18,22H,2-7,14-17H2,1H3. The third-order valence-electron chi connectivity index (χ3n) is 7.13. The van der Waals surface area contributed by atoms with Gasteiger partial charge < -0.3 is 18.9 Å². The van der Waals surface area contributed by atoms with Gasteiger partial charge in [0.2, 0.25) is 0 Å². The monoisotopic (exact) mass is 457 g/mol. The summed E-state index contributed by atoms with van der Waals surface area (Å²) in [5.74, 6) is 0.880. The predicted molar refractivity (Wildman–Crippen MR) is 132 cm³/mol. The van der Waals surface area contributed by atoms with Crippen molar-refractivity contribution in [2.24, 2.45) is 0 Å². The SMILES string of the molecule is COCCOc1ccc2c(C#N)c(-c3ccc(C(=O)N4CCCCC4)cc3)n(C3CCC3)c2c1. The average molecular weight is 458 g/mol. The minimum atomic E-state index is 0.101. The minimum Gasteiger partial charge on any atom is -0.491 e. The number of benzene rings is 2. The van der Waals surface area contributed by atoms with Crippen molar-refractivity contribution in [2.75, 3.05) is 33.4 Å². The zero-order chi connectivity index (χ0) is 23.5. The maximum absolute atomic E-state index is 12.9. The molecule has 0 radical (unpaired) electrons. The third kappa shape index (κ3) is 4.17. The number of aromatic nitrogens is 1. The van der Waals surface area contributed by atoms with Gasteiger partial charge in [-0.15, -0.1) is 0 Å². The highest BCUT2D eigenvalue weighted by Gasteiger charge is 2.28. The molecule has 6 heteroatoms. The lowest BCUT2D eigenvalue weighted by molar-refractivity contribution is 0.0724. The summed E-state index contributed by atoms with van der Waals surface area (Å²) in [5.41, 5.74) is 4.33. The fraction of sp³-hybridized carbons (Fsp3) is 0.429. The van der Waals surface area contributed by atoms with Crippen molar-refractivity contribution in [1.29, 1.82) is 5.26 Å². The molecule has 2 aromatic carbocycles. The molecule has 176 valence electrons. The van der Waals surface area contributed by atoms with Crippen molar-refractivity contribution < 1.29 is 14.3 Å². The fourth-order valence-corrected chi connectivity index (χ4v) is 5.09. The first-order valence-corrected chi connectivity index (χ1v) is 12.3. The van der Waals surface area contributed by atoms with Gasteiger partial charge in [0.1, 0.15) is 18.4 Å². The van der Waals surface area contributed by atoms with Gasteiger partial charge in [-0.25, -0.2) is 0 Å². The zero-order valence-corrected chi connectivity index (χ0v) is 19.8. The van der Waals surface area contributed by atoms with Gasteiger partial charge in [-0.2, -0.15) is 5.26 Å². The molecule has 1 aromatic heterocycles. The maximum Gasteiger partial charge on any atom is 0.253 e. The number of carbonyl (C=O) groups is 1. The molecule has 1 aliphatic heterocycles. The Hall–Kier alpha value is -3.30. The molecule has 2 aliphatic rings. The Labute approximate surface area is 200 Å². The molecule has 2 heterocycles. The zero-order valence-electron chi connectivity index (χ0n) is 19.8. The summed E-state index contributed by atoms with van der Waals surface area (Å²) in [5, 5.41) is 11.1. The van der Waals surface area contributed by atoms with E-state index < -0.39 is 0 Å². The van der Waals surface area contributed by atoms with Crippen molar-refractivity contribution in [1.82, 2.24) is 9.47 Å². The second-order valence-corrected chi connectivity index (χ2v) is 9.24. The van der Waals surface area contributed by atoms with E-state index in [1.807, 2.05) is 47.4 Å². The number of nitriles is 1. The van der Waals surface area contributed by atoms with Gasteiger partial charge in [-0.3, -0.25) is 4.79 Å². The van der Waals surface area contributed by atoms with E-state index in [9.17, 15) is 10.1 Å². The highest BCUT2D eigenvalue weighted by Crippen LogP contribution is 2.43. The van der Waals surface area contributed by atoms with Crippen LogP contribution in [0.4, 0.5) is 0 Å². The second kappa shape index (κ2) is 9.90. The lowest BCUT2D eigenvalue weighted by Gasteiger charge is -2.30. The van der Waals surface area contributed by atoms with E-state index in [4.69, 9.17) is 9.47 Å². The van der Waals surface area contributed by atoms with Crippen LogP contribution in [-0.2, 0) is 4.74 Å². The minimum absolute atomic E-state index is 0.101. The maximum atomic E-state index is 12.9. The Morgan fingerprint density at radius 1 is 1.03 bits per heavy atom. The molecule has 1 amide bonds. The predicted octanol–water partition coefficient (Wildman–Crippen LogP) is 5.56. The van der Waals surface area contributed by atoms with Crippen molar-refractivity contribution in [3.05, 3.63) is 53.6 Å². The van der Waals surface area contributed by atoms with Gasteiger partial charge in [0.05, 0.1) is 23.4 Å². The molecule has 1 saturated carbocycles. The van der Waals surface area contributed by atoms with E-state index in [2.05, 4.69) is 10.6 Å². The molecular formula is C28H31N3O3. The highest BCUT2D eigenvalue weighted by atomic mass is 16.5. The summed E-state index contributed by atoms with van der Waals surface area (Å²) >= 11 is 0. The number of carbonyl (C=O) groups excluding carboxylic acids is 1. The number of hydrogen-bond donors (Lipinski definition) is 0. The molecule has 0 N–H and O–H groups in total. The Bertz CT molecular complexity index is 1210. The molecule has 0 atom stereocenters. The largest absolute Gasteiger partial charge is 0.491 e. The molecule has 3 aromatic rings. The average Bonchev–Trinajstić information content (AvgIpc) is 3.16. The third-order valence-corrected chi connectivity index (χ3v) is 7.13. The Balaban J connectivity index is 1.54. The summed E-state index contributed by atoms with van der Waals surface area (Å²) in [6, 6.07) is 16.6. The van der Waals surface area contributed by atoms with Gasteiger partial charge in [0.15, 0.2) is 0 Å². The van der Waals surface area contributed by atoms with Crippen molar-refractivity contribution in [2.45, 2.75) is 44.6 Å². The quantitative estimate of drug-likeness (QED) is 0.436. The van der Waals surface area contributed by atoms with Crippen LogP contribution in [0, 0.1) is 11.3 Å². The summed E-state index contributed by atoms with van der Waals surface area (Å²) in [6.45, 7) is 2.68. The molecule has 5 rings (SSSR count). The lowest BCUT2D eigenvalue weighted by Crippen LogP contribution is -2.35. The summed E-state index contributed by atoms with van der Waals surface area (Å²) in [4.78, 5) is 14.9. The van der Waals surface area contributed by atoms with Gasteiger partial charge in [-0.1, -0.05) is 12.1 Å². The molecule has 6 nitrogen and oxygen atoms in total. The van der Waals surface area contributed by atoms with Gasteiger partial charge in [0.25, 0.3) is 5.91 Å². The van der Waals surface area contributed by atoms with Crippen LogP contribution in [0.5, 0.6) is 5.75 Å². The van der Waals surface area contributed by atoms with Crippen LogP contribution in [0.1, 0.15) is 60.5 Å². The van der Waals surface area contributed by atoms with Crippen LogP contribution in [0.15, 0.2) is 42.5 Å². The second-order valence-electron chi connectivity index (χ2n) is 9.24. The fourth-order valence-electron chi connectivity index (χ4n) is 5.09. The number of rotatable bonds is 7. The molecule has 1 saturated heterocycles. The Kier molecular flexibility index (Phi) is 6.55. The van der Waals surface area contributed by atoms with Gasteiger partial charge in [0, 0.05) is 43.3 Å². The van der Waals surface area contributed by atoms with E-state index in [1.165, 1.54) is 12.8 Å². The van der Waals surface area contributed by atoms with E-state index in [0.29, 0.717) is 30.4 Å². The number of nitrogens with zero attached hydrogens (tertiary/aromatic N) is 3. The summed E-state index contributed by atoms with van der Waals surface area (Å²) in [7, 11) is 1.66. The summed E-state index contributed by atoms with van der Waals surface area (Å²) in [6.07, 6.45) is 6.75. The van der Waals surface area contributed by atoms with Crippen molar-refractivity contribution in [3.8, 4) is 23.1 Å². The van der Waals surface area contributed by atoms with E-state index in [0.717, 1.165) is 66.7 Å². The van der Waals surface area contributed by atoms with Crippen molar-refractivity contribution >= 4 is 16.8 Å². The lowest BCUT2D eigenvalue weighted by atomic mass is 9.92.